The fourth-order valence-electron chi connectivity index (χ4n) is 1.65. The summed E-state index contributed by atoms with van der Waals surface area (Å²) in [6.45, 7) is 0. The van der Waals surface area contributed by atoms with Crippen molar-refractivity contribution in [2.45, 2.75) is 0 Å². The Bertz CT molecular complexity index is 669. The number of halogens is 3. The molecule has 0 aliphatic rings. The Labute approximate surface area is 129 Å². The topological polar surface area (TPSA) is 65.3 Å². The molecule has 104 valence electrons. The van der Waals surface area contributed by atoms with E-state index in [1.165, 1.54) is 31.4 Å². The maximum absolute atomic E-state index is 10.8. The van der Waals surface area contributed by atoms with E-state index in [0.717, 1.165) is 0 Å². The molecule has 0 unspecified atom stereocenters. The first-order chi connectivity index (χ1) is 9.43. The Morgan fingerprint density at radius 3 is 2.30 bits per heavy atom. The molecule has 1 aromatic carbocycles. The smallest absolute Gasteiger partial charge is 0.364 e. The molecule has 2 rings (SSSR count). The van der Waals surface area contributed by atoms with Crippen molar-refractivity contribution in [3.8, 4) is 17.0 Å². The van der Waals surface area contributed by atoms with E-state index in [9.17, 15) is 10.1 Å². The van der Waals surface area contributed by atoms with Gasteiger partial charge >= 0.3 is 5.82 Å². The molecular formula is C12H7Cl3N2O3. The van der Waals surface area contributed by atoms with Gasteiger partial charge in [-0.25, -0.2) is 0 Å². The van der Waals surface area contributed by atoms with Crippen LogP contribution in [0.15, 0.2) is 24.3 Å². The van der Waals surface area contributed by atoms with Crippen LogP contribution in [0.1, 0.15) is 0 Å². The van der Waals surface area contributed by atoms with Gasteiger partial charge in [0.1, 0.15) is 0 Å². The van der Waals surface area contributed by atoms with Gasteiger partial charge in [0, 0.05) is 11.1 Å². The fourth-order valence-corrected chi connectivity index (χ4v) is 2.65. The third-order valence-corrected chi connectivity index (χ3v) is 3.31. The van der Waals surface area contributed by atoms with Gasteiger partial charge in [-0.1, -0.05) is 34.8 Å². The lowest BCUT2D eigenvalue weighted by atomic mass is 10.1. The third-order valence-electron chi connectivity index (χ3n) is 2.49. The van der Waals surface area contributed by atoms with Crippen molar-refractivity contribution in [3.05, 3.63) is 49.4 Å². The molecule has 0 radical (unpaired) electrons. The molecule has 1 aromatic heterocycles. The molecule has 2 aromatic rings. The van der Waals surface area contributed by atoms with E-state index >= 15 is 0 Å². The summed E-state index contributed by atoms with van der Waals surface area (Å²) in [5.41, 5.74) is 0.520. The molecule has 0 amide bonds. The summed E-state index contributed by atoms with van der Waals surface area (Å²) in [5, 5.41) is 11.6. The lowest BCUT2D eigenvalue weighted by molar-refractivity contribution is -0.389. The first-order valence-corrected chi connectivity index (χ1v) is 6.41. The van der Waals surface area contributed by atoms with Gasteiger partial charge in [0.2, 0.25) is 5.69 Å². The lowest BCUT2D eigenvalue weighted by Gasteiger charge is -2.08. The molecule has 0 fully saturated rings. The van der Waals surface area contributed by atoms with Crippen LogP contribution in [0.5, 0.6) is 5.75 Å². The van der Waals surface area contributed by atoms with Crippen molar-refractivity contribution in [2.75, 3.05) is 7.11 Å². The van der Waals surface area contributed by atoms with Gasteiger partial charge in [0.15, 0.2) is 5.75 Å². The number of hydrogen-bond acceptors (Lipinski definition) is 4. The molecule has 0 aliphatic carbocycles. The molecule has 0 saturated heterocycles. The Hall–Kier alpha value is -1.56. The highest BCUT2D eigenvalue weighted by Gasteiger charge is 2.23. The molecule has 8 heteroatoms. The summed E-state index contributed by atoms with van der Waals surface area (Å²) in [6, 6.07) is 5.62. The third kappa shape index (κ3) is 2.80. The predicted molar refractivity (Wildman–Crippen MR) is 77.9 cm³/mol. The lowest BCUT2D eigenvalue weighted by Crippen LogP contribution is -1.97. The van der Waals surface area contributed by atoms with E-state index in [-0.39, 0.29) is 21.6 Å². The largest absolute Gasteiger partial charge is 0.492 e. The van der Waals surface area contributed by atoms with Crippen LogP contribution in [-0.2, 0) is 0 Å². The highest BCUT2D eigenvalue weighted by molar-refractivity contribution is 6.41. The molecular weight excluding hydrogens is 327 g/mol. The van der Waals surface area contributed by atoms with Crippen LogP contribution in [0.25, 0.3) is 11.3 Å². The zero-order chi connectivity index (χ0) is 14.9. The van der Waals surface area contributed by atoms with E-state index in [0.29, 0.717) is 16.3 Å². The van der Waals surface area contributed by atoms with Crippen molar-refractivity contribution >= 4 is 40.6 Å². The van der Waals surface area contributed by atoms with Crippen LogP contribution in [-0.4, -0.2) is 17.0 Å². The van der Waals surface area contributed by atoms with Gasteiger partial charge in [0.25, 0.3) is 0 Å². The molecule has 20 heavy (non-hydrogen) atoms. The van der Waals surface area contributed by atoms with Gasteiger partial charge in [0.05, 0.1) is 22.7 Å². The first-order valence-electron chi connectivity index (χ1n) is 5.28. The molecule has 0 saturated carbocycles. The predicted octanol–water partition coefficient (Wildman–Crippen LogP) is 4.63. The van der Waals surface area contributed by atoms with Crippen LogP contribution in [0.2, 0.25) is 15.1 Å². The minimum Gasteiger partial charge on any atom is -0.492 e. The summed E-state index contributed by atoms with van der Waals surface area (Å²) >= 11 is 18.0. The molecule has 5 nitrogen and oxygen atoms in total. The molecule has 0 bridgehead atoms. The van der Waals surface area contributed by atoms with Crippen LogP contribution in [0, 0.1) is 10.1 Å². The zero-order valence-corrected chi connectivity index (χ0v) is 12.3. The number of ether oxygens (including phenoxy) is 1. The van der Waals surface area contributed by atoms with Crippen molar-refractivity contribution in [3.63, 3.8) is 0 Å². The fraction of sp³-hybridized carbons (Fsp3) is 0.0833. The van der Waals surface area contributed by atoms with Crippen LogP contribution in [0.4, 0.5) is 5.82 Å². The van der Waals surface area contributed by atoms with Crippen molar-refractivity contribution in [1.82, 2.24) is 4.98 Å². The van der Waals surface area contributed by atoms with E-state index in [4.69, 9.17) is 39.5 Å². The summed E-state index contributed by atoms with van der Waals surface area (Å²) in [5.74, 6) is -0.00962. The Morgan fingerprint density at radius 2 is 1.80 bits per heavy atom. The summed E-state index contributed by atoms with van der Waals surface area (Å²) < 4.78 is 5.14. The Balaban J connectivity index is 2.74. The van der Waals surface area contributed by atoms with Crippen molar-refractivity contribution < 1.29 is 9.66 Å². The summed E-state index contributed by atoms with van der Waals surface area (Å²) in [4.78, 5) is 14.1. The molecule has 0 atom stereocenters. The zero-order valence-electron chi connectivity index (χ0n) is 10.1. The second-order valence-corrected chi connectivity index (χ2v) is 4.97. The number of aromatic nitrogens is 1. The number of hydrogen-bond donors (Lipinski definition) is 0. The minimum absolute atomic E-state index is 0.188. The first kappa shape index (κ1) is 14.8. The second-order valence-electron chi connectivity index (χ2n) is 3.72. The number of nitrogens with zero attached hydrogens (tertiary/aromatic N) is 2. The number of nitro groups is 1. The quantitative estimate of drug-likeness (QED) is 0.607. The molecule has 0 spiro atoms. The number of rotatable bonds is 3. The van der Waals surface area contributed by atoms with Crippen LogP contribution < -0.4 is 4.74 Å². The standard InChI is InChI=1S/C12H7Cl3N2O3/c1-20-9-2-3-10(17(18)19)16-12(9)11-7(14)4-6(13)5-8(11)15/h2-5H,1H3. The van der Waals surface area contributed by atoms with Crippen molar-refractivity contribution in [1.29, 1.82) is 0 Å². The minimum atomic E-state index is -0.610. The Morgan fingerprint density at radius 1 is 1.20 bits per heavy atom. The maximum Gasteiger partial charge on any atom is 0.364 e. The highest BCUT2D eigenvalue weighted by atomic mass is 35.5. The van der Waals surface area contributed by atoms with Gasteiger partial charge in [-0.05, 0) is 28.1 Å². The van der Waals surface area contributed by atoms with Crippen LogP contribution in [0.3, 0.4) is 0 Å². The average Bonchev–Trinajstić information content (AvgIpc) is 2.37. The van der Waals surface area contributed by atoms with Crippen molar-refractivity contribution in [2.24, 2.45) is 0 Å². The van der Waals surface area contributed by atoms with Gasteiger partial charge in [-0.3, -0.25) is 0 Å². The van der Waals surface area contributed by atoms with Gasteiger partial charge in [-0.15, -0.1) is 0 Å². The summed E-state index contributed by atoms with van der Waals surface area (Å²) in [7, 11) is 1.42. The van der Waals surface area contributed by atoms with Crippen LogP contribution >= 0.6 is 34.8 Å². The number of methoxy groups -OCH3 is 1. The molecule has 0 N–H and O–H groups in total. The second kappa shape index (κ2) is 5.83. The molecule has 1 heterocycles. The number of benzene rings is 1. The van der Waals surface area contributed by atoms with E-state index in [2.05, 4.69) is 4.98 Å². The molecule has 0 aliphatic heterocycles. The van der Waals surface area contributed by atoms with E-state index in [1.54, 1.807) is 0 Å². The van der Waals surface area contributed by atoms with Gasteiger partial charge in [-0.2, -0.15) is 0 Å². The maximum atomic E-state index is 10.8. The highest BCUT2D eigenvalue weighted by Crippen LogP contribution is 2.40. The Kier molecular flexibility index (Phi) is 4.32. The monoisotopic (exact) mass is 332 g/mol. The summed E-state index contributed by atoms with van der Waals surface area (Å²) in [6.07, 6.45) is 0. The number of pyridine rings is 1. The average molecular weight is 334 g/mol. The SMILES string of the molecule is COc1ccc([N+](=O)[O-])nc1-c1c(Cl)cc(Cl)cc1Cl. The van der Waals surface area contributed by atoms with Gasteiger partial charge < -0.3 is 14.9 Å². The van der Waals surface area contributed by atoms with E-state index < -0.39 is 4.92 Å². The normalized spacial score (nSPS) is 10.4. The van der Waals surface area contributed by atoms with E-state index in [1.807, 2.05) is 0 Å².